The monoisotopic (exact) mass is 141 g/mol. The molecule has 0 fully saturated rings. The third-order valence-corrected chi connectivity index (χ3v) is 0.930. The van der Waals surface area contributed by atoms with Crippen LogP contribution in [-0.4, -0.2) is 24.2 Å². The molecular formula is C7H11NO2. The van der Waals surface area contributed by atoms with Crippen LogP contribution in [-0.2, 0) is 4.79 Å². The molecule has 0 spiro atoms. The number of hydrogen-bond acceptors (Lipinski definition) is 2. The van der Waals surface area contributed by atoms with Gasteiger partial charge >= 0.3 is 0 Å². The number of nitrogens with one attached hydrogen (secondary N) is 1. The second-order valence-electron chi connectivity index (χ2n) is 1.78. The summed E-state index contributed by atoms with van der Waals surface area (Å²) in [6.45, 7) is 0.283. The molecule has 1 amide bonds. The molecule has 3 nitrogen and oxygen atoms in total. The Morgan fingerprint density at radius 1 is 1.70 bits per heavy atom. The largest absolute Gasteiger partial charge is 0.395 e. The maximum atomic E-state index is 10.6. The van der Waals surface area contributed by atoms with Crippen LogP contribution >= 0.6 is 0 Å². The molecule has 56 valence electrons. The van der Waals surface area contributed by atoms with Crippen LogP contribution in [0.25, 0.3) is 0 Å². The SMILES string of the molecule is C#CCCC(=O)NCCO. The van der Waals surface area contributed by atoms with Crippen LogP contribution in [0.4, 0.5) is 0 Å². The van der Waals surface area contributed by atoms with Gasteiger partial charge in [0, 0.05) is 19.4 Å². The molecule has 0 saturated carbocycles. The van der Waals surface area contributed by atoms with E-state index in [4.69, 9.17) is 11.5 Å². The predicted octanol–water partition coefficient (Wildman–Crippen LogP) is -0.492. The average Bonchev–Trinajstić information content (AvgIpc) is 1.97. The lowest BCUT2D eigenvalue weighted by Gasteiger charge is -1.98. The summed E-state index contributed by atoms with van der Waals surface area (Å²) >= 11 is 0. The number of aliphatic hydroxyl groups excluding tert-OH is 1. The van der Waals surface area contributed by atoms with E-state index in [0.717, 1.165) is 0 Å². The first-order valence-electron chi connectivity index (χ1n) is 3.12. The second kappa shape index (κ2) is 6.12. The molecule has 0 unspecified atom stereocenters. The molecular weight excluding hydrogens is 130 g/mol. The summed E-state index contributed by atoms with van der Waals surface area (Å²) in [4.78, 5) is 10.6. The van der Waals surface area contributed by atoms with E-state index < -0.39 is 0 Å². The summed E-state index contributed by atoms with van der Waals surface area (Å²) in [5.41, 5.74) is 0. The Morgan fingerprint density at radius 3 is 2.90 bits per heavy atom. The number of carbonyl (C=O) groups is 1. The van der Waals surface area contributed by atoms with Crippen molar-refractivity contribution in [2.45, 2.75) is 12.8 Å². The number of rotatable bonds is 4. The van der Waals surface area contributed by atoms with Crippen LogP contribution in [0.5, 0.6) is 0 Å². The number of aliphatic hydroxyl groups is 1. The molecule has 0 atom stereocenters. The van der Waals surface area contributed by atoms with Gasteiger partial charge in [-0.05, 0) is 0 Å². The van der Waals surface area contributed by atoms with E-state index in [1.807, 2.05) is 0 Å². The Balaban J connectivity index is 3.19. The molecule has 0 radical (unpaired) electrons. The minimum absolute atomic E-state index is 0.0260. The molecule has 10 heavy (non-hydrogen) atoms. The summed E-state index contributed by atoms with van der Waals surface area (Å²) in [6.07, 6.45) is 5.73. The van der Waals surface area contributed by atoms with E-state index in [1.54, 1.807) is 0 Å². The van der Waals surface area contributed by atoms with Crippen molar-refractivity contribution in [2.24, 2.45) is 0 Å². The van der Waals surface area contributed by atoms with Gasteiger partial charge in [0.1, 0.15) is 0 Å². The first-order chi connectivity index (χ1) is 4.81. The molecule has 0 aromatic rings. The zero-order chi connectivity index (χ0) is 7.82. The number of hydrogen-bond donors (Lipinski definition) is 2. The van der Waals surface area contributed by atoms with Gasteiger partial charge in [0.15, 0.2) is 0 Å². The minimum atomic E-state index is -0.105. The third-order valence-electron chi connectivity index (χ3n) is 0.930. The van der Waals surface area contributed by atoms with E-state index >= 15 is 0 Å². The molecule has 0 aliphatic heterocycles. The van der Waals surface area contributed by atoms with Gasteiger partial charge in [0.2, 0.25) is 5.91 Å². The summed E-state index contributed by atoms with van der Waals surface area (Å²) in [5, 5.41) is 10.8. The number of amides is 1. The molecule has 0 aliphatic rings. The minimum Gasteiger partial charge on any atom is -0.395 e. The standard InChI is InChI=1S/C7H11NO2/c1-2-3-4-7(10)8-5-6-9/h1,9H,3-6H2,(H,8,10). The molecule has 0 heterocycles. The smallest absolute Gasteiger partial charge is 0.221 e. The van der Waals surface area contributed by atoms with Crippen molar-refractivity contribution in [1.29, 1.82) is 0 Å². The Labute approximate surface area is 60.4 Å². The summed E-state index contributed by atoms with van der Waals surface area (Å²) in [7, 11) is 0. The van der Waals surface area contributed by atoms with E-state index in [1.165, 1.54) is 0 Å². The molecule has 0 saturated heterocycles. The Morgan fingerprint density at radius 2 is 2.40 bits per heavy atom. The molecule has 0 bridgehead atoms. The van der Waals surface area contributed by atoms with Crippen LogP contribution in [0.2, 0.25) is 0 Å². The van der Waals surface area contributed by atoms with Gasteiger partial charge in [-0.1, -0.05) is 0 Å². The zero-order valence-electron chi connectivity index (χ0n) is 5.76. The Hall–Kier alpha value is -1.01. The predicted molar refractivity (Wildman–Crippen MR) is 38.2 cm³/mol. The van der Waals surface area contributed by atoms with E-state index in [9.17, 15) is 4.79 Å². The summed E-state index contributed by atoms with van der Waals surface area (Å²) in [6, 6.07) is 0. The quantitative estimate of drug-likeness (QED) is 0.519. The van der Waals surface area contributed by atoms with Gasteiger partial charge in [-0.15, -0.1) is 12.3 Å². The summed E-state index contributed by atoms with van der Waals surface area (Å²) in [5.74, 6) is 2.25. The lowest BCUT2D eigenvalue weighted by molar-refractivity contribution is -0.121. The maximum absolute atomic E-state index is 10.6. The molecule has 0 aliphatic carbocycles. The van der Waals surface area contributed by atoms with E-state index in [2.05, 4.69) is 11.2 Å². The van der Waals surface area contributed by atoms with Gasteiger partial charge in [-0.25, -0.2) is 0 Å². The fraction of sp³-hybridized carbons (Fsp3) is 0.571. The van der Waals surface area contributed by atoms with Gasteiger partial charge in [-0.2, -0.15) is 0 Å². The van der Waals surface area contributed by atoms with E-state index in [-0.39, 0.29) is 12.5 Å². The highest BCUT2D eigenvalue weighted by Crippen LogP contribution is 1.84. The van der Waals surface area contributed by atoms with Crippen molar-refractivity contribution < 1.29 is 9.90 Å². The van der Waals surface area contributed by atoms with Gasteiger partial charge in [0.05, 0.1) is 6.61 Å². The lowest BCUT2D eigenvalue weighted by Crippen LogP contribution is -2.25. The molecule has 2 N–H and O–H groups in total. The van der Waals surface area contributed by atoms with Gasteiger partial charge in [-0.3, -0.25) is 4.79 Å². The average molecular weight is 141 g/mol. The highest BCUT2D eigenvalue weighted by molar-refractivity contribution is 5.76. The van der Waals surface area contributed by atoms with Crippen molar-refractivity contribution in [2.75, 3.05) is 13.2 Å². The highest BCUT2D eigenvalue weighted by atomic mass is 16.3. The number of carbonyl (C=O) groups excluding carboxylic acids is 1. The fourth-order valence-corrected chi connectivity index (χ4v) is 0.469. The topological polar surface area (TPSA) is 49.3 Å². The van der Waals surface area contributed by atoms with Crippen molar-refractivity contribution in [3.05, 3.63) is 0 Å². The van der Waals surface area contributed by atoms with Crippen molar-refractivity contribution >= 4 is 5.91 Å². The fourth-order valence-electron chi connectivity index (χ4n) is 0.469. The zero-order valence-corrected chi connectivity index (χ0v) is 5.76. The lowest BCUT2D eigenvalue weighted by atomic mass is 10.3. The van der Waals surface area contributed by atoms with Gasteiger partial charge < -0.3 is 10.4 Å². The molecule has 0 rings (SSSR count). The Kier molecular flexibility index (Phi) is 5.50. The maximum Gasteiger partial charge on any atom is 0.221 e. The van der Waals surface area contributed by atoms with Crippen LogP contribution in [0.15, 0.2) is 0 Å². The van der Waals surface area contributed by atoms with Crippen LogP contribution in [0.3, 0.4) is 0 Å². The van der Waals surface area contributed by atoms with Crippen LogP contribution in [0.1, 0.15) is 12.8 Å². The normalized spacial score (nSPS) is 8.40. The second-order valence-corrected chi connectivity index (χ2v) is 1.78. The van der Waals surface area contributed by atoms with Crippen molar-refractivity contribution in [3.8, 4) is 12.3 Å². The van der Waals surface area contributed by atoms with Crippen molar-refractivity contribution in [1.82, 2.24) is 5.32 Å². The third kappa shape index (κ3) is 5.13. The molecule has 0 aromatic carbocycles. The number of terminal acetylenes is 1. The van der Waals surface area contributed by atoms with Crippen LogP contribution < -0.4 is 5.32 Å². The van der Waals surface area contributed by atoms with Crippen molar-refractivity contribution in [3.63, 3.8) is 0 Å². The van der Waals surface area contributed by atoms with E-state index in [0.29, 0.717) is 19.4 Å². The molecule has 0 aromatic heterocycles. The molecule has 3 heteroatoms. The first kappa shape index (κ1) is 8.99. The summed E-state index contributed by atoms with van der Waals surface area (Å²) < 4.78 is 0. The van der Waals surface area contributed by atoms with Gasteiger partial charge in [0.25, 0.3) is 0 Å². The highest BCUT2D eigenvalue weighted by Gasteiger charge is 1.95. The van der Waals surface area contributed by atoms with Crippen LogP contribution in [0, 0.1) is 12.3 Å². The Bertz CT molecular complexity index is 137. The first-order valence-corrected chi connectivity index (χ1v) is 3.12.